The molecule has 0 heterocycles. The van der Waals surface area contributed by atoms with Crippen LogP contribution in [0.4, 0.5) is 0 Å². The third-order valence-corrected chi connectivity index (χ3v) is 14.4. The van der Waals surface area contributed by atoms with E-state index >= 15 is 0 Å². The van der Waals surface area contributed by atoms with Gasteiger partial charge < -0.3 is 14.9 Å². The monoisotopic (exact) mass is 624 g/mol. The van der Waals surface area contributed by atoms with Gasteiger partial charge in [-0.3, -0.25) is 14.4 Å². The van der Waals surface area contributed by atoms with Gasteiger partial charge in [-0.1, -0.05) is 54.5 Å². The van der Waals surface area contributed by atoms with Gasteiger partial charge in [0.2, 0.25) is 0 Å². The van der Waals surface area contributed by atoms with Crippen LogP contribution in [0.3, 0.4) is 0 Å². The molecule has 2 N–H and O–H groups in total. The fourth-order valence-corrected chi connectivity index (χ4v) is 11.9. The van der Waals surface area contributed by atoms with Crippen molar-refractivity contribution < 1.29 is 34.1 Å². The first kappa shape index (κ1) is 33.9. The second-order valence-corrected chi connectivity index (χ2v) is 17.7. The maximum Gasteiger partial charge on any atom is 0.328 e. The molecule has 0 aromatic carbocycles. The molecule has 0 saturated heterocycles. The molecule has 5 aliphatic rings. The number of carbonyl (C=O) groups is 4. The van der Waals surface area contributed by atoms with E-state index in [0.29, 0.717) is 18.3 Å². The number of carboxylic acids is 2. The van der Waals surface area contributed by atoms with Gasteiger partial charge in [-0.15, -0.1) is 0 Å². The van der Waals surface area contributed by atoms with E-state index < -0.39 is 28.7 Å². The summed E-state index contributed by atoms with van der Waals surface area (Å²) in [6.07, 6.45) is 10.8. The largest absolute Gasteiger partial charge is 0.481 e. The molecular weight excluding hydrogens is 568 g/mol. The highest BCUT2D eigenvalue weighted by Crippen LogP contribution is 2.76. The van der Waals surface area contributed by atoms with Crippen molar-refractivity contribution in [1.29, 1.82) is 0 Å². The van der Waals surface area contributed by atoms with Crippen LogP contribution in [-0.2, 0) is 23.9 Å². The molecule has 5 rings (SSSR count). The molecule has 4 fully saturated rings. The van der Waals surface area contributed by atoms with Crippen LogP contribution in [-0.4, -0.2) is 40.0 Å². The molecule has 0 aliphatic heterocycles. The molecule has 45 heavy (non-hydrogen) atoms. The summed E-state index contributed by atoms with van der Waals surface area (Å²) >= 11 is 0. The third-order valence-electron chi connectivity index (χ3n) is 14.4. The quantitative estimate of drug-likeness (QED) is 0.217. The summed E-state index contributed by atoms with van der Waals surface area (Å²) in [5.41, 5.74) is 0.411. The lowest BCUT2D eigenvalue weighted by molar-refractivity contribution is -0.232. The molecule has 4 saturated carbocycles. The van der Waals surface area contributed by atoms with Crippen LogP contribution in [0.1, 0.15) is 127 Å². The van der Waals surface area contributed by atoms with Gasteiger partial charge in [0.1, 0.15) is 6.10 Å². The first-order valence-electron chi connectivity index (χ1n) is 17.3. The second-order valence-electron chi connectivity index (χ2n) is 17.7. The van der Waals surface area contributed by atoms with Crippen molar-refractivity contribution in [2.24, 2.45) is 56.2 Å². The summed E-state index contributed by atoms with van der Waals surface area (Å²) in [5.74, 6) is -0.993. The SMILES string of the molecule is CC(C)C1=C2[C@H]3CC[C@@H]4[C@@]5(C)CC[C@H](OC(=O)CC(C)(C)C(=O)O)C(C)(C)[C@@H]5CC[C@@]4(C)[C@]3(C)CC[C@@]2(/C=C/C(=O)O)CC1=O. The number of fused-ring (bicyclic) bond motifs is 7. The molecule has 5 aliphatic carbocycles. The number of Topliss-reactive ketones (excluding diaryl/α,β-unsaturated/α-hetero) is 1. The highest BCUT2D eigenvalue weighted by atomic mass is 16.5. The summed E-state index contributed by atoms with van der Waals surface area (Å²) in [6, 6.07) is 0. The minimum absolute atomic E-state index is 0.0135. The van der Waals surface area contributed by atoms with Gasteiger partial charge in [-0.2, -0.15) is 0 Å². The van der Waals surface area contributed by atoms with Crippen molar-refractivity contribution in [1.82, 2.24) is 0 Å². The number of ketones is 1. The van der Waals surface area contributed by atoms with Gasteiger partial charge in [0.25, 0.3) is 0 Å². The lowest BCUT2D eigenvalue weighted by Gasteiger charge is -2.72. The Balaban J connectivity index is 1.46. The van der Waals surface area contributed by atoms with Crippen molar-refractivity contribution >= 4 is 23.7 Å². The van der Waals surface area contributed by atoms with Crippen LogP contribution >= 0.6 is 0 Å². The molecule has 0 spiro atoms. The molecule has 0 aromatic heterocycles. The van der Waals surface area contributed by atoms with Crippen molar-refractivity contribution in [2.75, 3.05) is 0 Å². The zero-order valence-electron chi connectivity index (χ0n) is 29.0. The van der Waals surface area contributed by atoms with E-state index in [1.807, 2.05) is 6.08 Å². The van der Waals surface area contributed by atoms with Crippen molar-refractivity contribution in [3.63, 3.8) is 0 Å². The smallest absolute Gasteiger partial charge is 0.328 e. The third kappa shape index (κ3) is 4.96. The molecule has 0 amide bonds. The number of hydrogen-bond donors (Lipinski definition) is 2. The fourth-order valence-electron chi connectivity index (χ4n) is 11.9. The number of aliphatic carboxylic acids is 2. The van der Waals surface area contributed by atoms with Crippen molar-refractivity contribution in [2.45, 2.75) is 133 Å². The summed E-state index contributed by atoms with van der Waals surface area (Å²) in [4.78, 5) is 49.9. The minimum atomic E-state index is -1.17. The zero-order chi connectivity index (χ0) is 33.5. The molecule has 7 nitrogen and oxygen atoms in total. The molecule has 7 heteroatoms. The predicted octanol–water partition coefficient (Wildman–Crippen LogP) is 8.02. The van der Waals surface area contributed by atoms with E-state index in [9.17, 15) is 29.4 Å². The van der Waals surface area contributed by atoms with Crippen LogP contribution in [0.2, 0.25) is 0 Å². The Hall–Kier alpha value is -2.44. The van der Waals surface area contributed by atoms with Crippen LogP contribution in [0.5, 0.6) is 0 Å². The zero-order valence-corrected chi connectivity index (χ0v) is 29.0. The summed E-state index contributed by atoms with van der Waals surface area (Å²) in [6.45, 7) is 19.3. The van der Waals surface area contributed by atoms with Crippen molar-refractivity contribution in [3.05, 3.63) is 23.3 Å². The van der Waals surface area contributed by atoms with Gasteiger partial charge in [0.15, 0.2) is 5.78 Å². The van der Waals surface area contributed by atoms with E-state index in [4.69, 9.17) is 4.74 Å². The van der Waals surface area contributed by atoms with Crippen LogP contribution in [0, 0.1) is 56.2 Å². The standard InChI is InChI=1S/C38H56O7/c1-22(2)30-24(39)20-38(17-14-28(40)41)19-18-36(8)23(31(30)38)10-11-26-35(7)15-13-27(45-29(42)21-33(3,4)32(43)44)34(5,6)25(35)12-16-37(26,36)9/h14,17,22-23,25-27H,10-13,15-16,18-21H2,1-9H3,(H,40,41)(H,43,44)/b17-14+/t23-,25+,26-,27+,35+,36-,37-,38+/m1/s1. The lowest BCUT2D eigenvalue weighted by Crippen LogP contribution is -2.65. The van der Waals surface area contributed by atoms with Gasteiger partial charge in [0, 0.05) is 23.3 Å². The Morgan fingerprint density at radius 3 is 2.18 bits per heavy atom. The summed E-state index contributed by atoms with van der Waals surface area (Å²) in [5, 5.41) is 19.1. The van der Waals surface area contributed by atoms with E-state index in [-0.39, 0.29) is 51.8 Å². The molecular formula is C38H56O7. The van der Waals surface area contributed by atoms with Crippen molar-refractivity contribution in [3.8, 4) is 0 Å². The molecule has 0 unspecified atom stereocenters. The topological polar surface area (TPSA) is 118 Å². The van der Waals surface area contributed by atoms with E-state index in [1.54, 1.807) is 13.8 Å². The summed E-state index contributed by atoms with van der Waals surface area (Å²) in [7, 11) is 0. The highest BCUT2D eigenvalue weighted by molar-refractivity contribution is 6.01. The number of hydrogen-bond acceptors (Lipinski definition) is 5. The molecule has 0 bridgehead atoms. The Morgan fingerprint density at radius 2 is 1.58 bits per heavy atom. The van der Waals surface area contributed by atoms with E-state index in [0.717, 1.165) is 56.9 Å². The Labute approximate surface area is 269 Å². The number of allylic oxidation sites excluding steroid dienone is 3. The van der Waals surface area contributed by atoms with Gasteiger partial charge in [-0.25, -0.2) is 4.79 Å². The maximum absolute atomic E-state index is 13.6. The average molecular weight is 625 g/mol. The van der Waals surface area contributed by atoms with Crippen LogP contribution in [0.25, 0.3) is 0 Å². The second kappa shape index (κ2) is 10.8. The normalized spacial score (nSPS) is 40.9. The van der Waals surface area contributed by atoms with Gasteiger partial charge >= 0.3 is 17.9 Å². The number of carboxylic acid groups (broad SMARTS) is 2. The summed E-state index contributed by atoms with van der Waals surface area (Å²) < 4.78 is 6.11. The number of ether oxygens (including phenoxy) is 1. The Bertz CT molecular complexity index is 1350. The first-order valence-corrected chi connectivity index (χ1v) is 17.3. The average Bonchev–Trinajstić information content (AvgIpc) is 3.21. The minimum Gasteiger partial charge on any atom is -0.481 e. The highest BCUT2D eigenvalue weighted by Gasteiger charge is 2.70. The first-order chi connectivity index (χ1) is 20.7. The van der Waals surface area contributed by atoms with E-state index in [1.165, 1.54) is 11.6 Å². The predicted molar refractivity (Wildman–Crippen MR) is 172 cm³/mol. The van der Waals surface area contributed by atoms with E-state index in [2.05, 4.69) is 48.5 Å². The maximum atomic E-state index is 13.6. The van der Waals surface area contributed by atoms with Gasteiger partial charge in [0.05, 0.1) is 11.8 Å². The number of carbonyl (C=O) groups excluding carboxylic acids is 2. The number of rotatable bonds is 7. The van der Waals surface area contributed by atoms with Crippen LogP contribution < -0.4 is 0 Å². The Morgan fingerprint density at radius 1 is 0.911 bits per heavy atom. The number of esters is 1. The Kier molecular flexibility index (Phi) is 8.14. The molecule has 0 radical (unpaired) electrons. The molecule has 8 atom stereocenters. The fraction of sp³-hybridized carbons (Fsp3) is 0.789. The van der Waals surface area contributed by atoms with Gasteiger partial charge in [-0.05, 0) is 116 Å². The molecule has 250 valence electrons. The van der Waals surface area contributed by atoms with Crippen LogP contribution in [0.15, 0.2) is 23.3 Å². The lowest BCUT2D eigenvalue weighted by atomic mass is 9.33. The molecule has 0 aromatic rings.